The molecule has 0 fully saturated rings. The number of ether oxygens (including phenoxy) is 1. The van der Waals surface area contributed by atoms with E-state index in [1.807, 2.05) is 77.1 Å². The van der Waals surface area contributed by atoms with Crippen LogP contribution >= 0.6 is 0 Å². The molecule has 0 saturated carbocycles. The first-order valence-electron chi connectivity index (χ1n) is 13.0. The number of rotatable bonds is 4. The standard InChI is InChI=1S/C16H15NO.C7H11NO.C6H9NO.C2H6/c1-11(2)18-16-14-9-4-3-7-12(14)13-8-5-6-10-15(13)17-16;1-5(2)7-4-6(3)8-9-7;1-5(2)6-3-4-7-8-6;1-2/h3-11H,1-2H3;4-5H,1-3H3;3-5H,1-2H3;1-2H3. The van der Waals surface area contributed by atoms with Gasteiger partial charge in [-0.15, -0.1) is 0 Å². The highest BCUT2D eigenvalue weighted by Gasteiger charge is 2.09. The predicted octanol–water partition coefficient (Wildman–Crippen LogP) is 9.11. The van der Waals surface area contributed by atoms with Gasteiger partial charge in [0.2, 0.25) is 5.88 Å². The van der Waals surface area contributed by atoms with Crippen molar-refractivity contribution >= 4 is 21.7 Å². The highest BCUT2D eigenvalue weighted by molar-refractivity contribution is 6.07. The fourth-order valence-electron chi connectivity index (χ4n) is 3.36. The summed E-state index contributed by atoms with van der Waals surface area (Å²) < 4.78 is 15.6. The van der Waals surface area contributed by atoms with Gasteiger partial charge in [0.05, 0.1) is 23.5 Å². The first-order valence-corrected chi connectivity index (χ1v) is 13.0. The van der Waals surface area contributed by atoms with Crippen LogP contribution in [0.15, 0.2) is 75.9 Å². The van der Waals surface area contributed by atoms with Crippen LogP contribution in [0.3, 0.4) is 0 Å². The summed E-state index contributed by atoms with van der Waals surface area (Å²) in [7, 11) is 0. The summed E-state index contributed by atoms with van der Waals surface area (Å²) in [6, 6.07) is 20.3. The van der Waals surface area contributed by atoms with E-state index in [1.54, 1.807) is 6.20 Å². The van der Waals surface area contributed by atoms with Crippen LogP contribution in [0, 0.1) is 6.92 Å². The van der Waals surface area contributed by atoms with Crippen molar-refractivity contribution in [1.29, 1.82) is 0 Å². The number of nitrogens with zero attached hydrogens (tertiary/aromatic N) is 3. The Hall–Kier alpha value is -3.67. The third-order valence-corrected chi connectivity index (χ3v) is 5.16. The van der Waals surface area contributed by atoms with Crippen molar-refractivity contribution in [2.45, 2.75) is 80.3 Å². The minimum atomic E-state index is 0.127. The molecule has 198 valence electrons. The molecular weight excluding hydrogens is 462 g/mol. The normalized spacial score (nSPS) is 10.5. The molecule has 3 heterocycles. The molecule has 0 aliphatic rings. The minimum Gasteiger partial charge on any atom is -0.474 e. The summed E-state index contributed by atoms with van der Waals surface area (Å²) in [5, 5.41) is 10.8. The lowest BCUT2D eigenvalue weighted by Gasteiger charge is -2.13. The predicted molar refractivity (Wildman–Crippen MR) is 152 cm³/mol. The van der Waals surface area contributed by atoms with Gasteiger partial charge in [-0.05, 0) is 38.3 Å². The van der Waals surface area contributed by atoms with Crippen LogP contribution < -0.4 is 4.74 Å². The lowest BCUT2D eigenvalue weighted by atomic mass is 10.1. The van der Waals surface area contributed by atoms with Crippen molar-refractivity contribution < 1.29 is 13.8 Å². The molecule has 5 aromatic rings. The molecule has 0 saturated heterocycles. The Kier molecular flexibility index (Phi) is 11.8. The number of aromatic nitrogens is 3. The molecule has 37 heavy (non-hydrogen) atoms. The summed E-state index contributed by atoms with van der Waals surface area (Å²) >= 11 is 0. The van der Waals surface area contributed by atoms with Crippen molar-refractivity contribution in [3.05, 3.63) is 84.1 Å². The Balaban J connectivity index is 0.000000213. The Morgan fingerprint density at radius 3 is 1.76 bits per heavy atom. The molecule has 0 spiro atoms. The molecule has 0 aliphatic carbocycles. The van der Waals surface area contributed by atoms with E-state index in [4.69, 9.17) is 13.8 Å². The van der Waals surface area contributed by atoms with Crippen LogP contribution in [-0.2, 0) is 0 Å². The fraction of sp³-hybridized carbons (Fsp3) is 0.387. The van der Waals surface area contributed by atoms with Gasteiger partial charge in [-0.2, -0.15) is 0 Å². The van der Waals surface area contributed by atoms with Gasteiger partial charge in [0, 0.05) is 34.7 Å². The molecule has 6 nitrogen and oxygen atoms in total. The summed E-state index contributed by atoms with van der Waals surface area (Å²) in [6.45, 7) is 18.3. The van der Waals surface area contributed by atoms with Crippen LogP contribution in [0.1, 0.15) is 84.4 Å². The van der Waals surface area contributed by atoms with Gasteiger partial charge in [-0.25, -0.2) is 4.98 Å². The lowest BCUT2D eigenvalue weighted by Crippen LogP contribution is -2.07. The second-order valence-corrected chi connectivity index (χ2v) is 9.24. The number of fused-ring (bicyclic) bond motifs is 3. The number of hydrogen-bond acceptors (Lipinski definition) is 6. The summed E-state index contributed by atoms with van der Waals surface area (Å²) in [6.07, 6.45) is 1.79. The van der Waals surface area contributed by atoms with Gasteiger partial charge < -0.3 is 13.8 Å². The van der Waals surface area contributed by atoms with Crippen LogP contribution in [0.4, 0.5) is 0 Å². The van der Waals surface area contributed by atoms with Crippen molar-refractivity contribution in [3.8, 4) is 5.88 Å². The highest BCUT2D eigenvalue weighted by atomic mass is 16.5. The van der Waals surface area contributed by atoms with E-state index in [9.17, 15) is 0 Å². The van der Waals surface area contributed by atoms with E-state index >= 15 is 0 Å². The zero-order valence-electron chi connectivity index (χ0n) is 23.6. The highest BCUT2D eigenvalue weighted by Crippen LogP contribution is 2.30. The molecule has 0 unspecified atom stereocenters. The second kappa shape index (κ2) is 14.8. The third-order valence-electron chi connectivity index (χ3n) is 5.16. The van der Waals surface area contributed by atoms with Gasteiger partial charge in [0.15, 0.2) is 0 Å². The number of hydrogen-bond donors (Lipinski definition) is 0. The summed E-state index contributed by atoms with van der Waals surface area (Å²) in [5.41, 5.74) is 1.94. The van der Waals surface area contributed by atoms with Gasteiger partial charge in [-0.1, -0.05) is 88.3 Å². The number of pyridine rings is 1. The van der Waals surface area contributed by atoms with E-state index in [1.165, 1.54) is 10.8 Å². The van der Waals surface area contributed by atoms with E-state index in [-0.39, 0.29) is 6.10 Å². The molecule has 2 aromatic carbocycles. The van der Waals surface area contributed by atoms with Crippen molar-refractivity contribution in [2.24, 2.45) is 0 Å². The fourth-order valence-corrected chi connectivity index (χ4v) is 3.36. The maximum absolute atomic E-state index is 5.82. The topological polar surface area (TPSA) is 74.2 Å². The van der Waals surface area contributed by atoms with E-state index in [0.29, 0.717) is 11.8 Å². The zero-order valence-corrected chi connectivity index (χ0v) is 23.6. The monoisotopic (exact) mass is 503 g/mol. The van der Waals surface area contributed by atoms with Gasteiger partial charge in [-0.3, -0.25) is 0 Å². The second-order valence-electron chi connectivity index (χ2n) is 9.24. The van der Waals surface area contributed by atoms with E-state index in [0.717, 1.165) is 34.0 Å². The summed E-state index contributed by atoms with van der Waals surface area (Å²) in [5.74, 6) is 3.54. The molecular formula is C31H41N3O3. The average Bonchev–Trinajstić information content (AvgIpc) is 3.59. The van der Waals surface area contributed by atoms with Gasteiger partial charge in [0.25, 0.3) is 0 Å². The smallest absolute Gasteiger partial charge is 0.222 e. The molecule has 6 heteroatoms. The molecule has 0 bridgehead atoms. The van der Waals surface area contributed by atoms with Crippen molar-refractivity contribution in [3.63, 3.8) is 0 Å². The Morgan fingerprint density at radius 1 is 0.703 bits per heavy atom. The van der Waals surface area contributed by atoms with E-state index < -0.39 is 0 Å². The first kappa shape index (κ1) is 29.6. The van der Waals surface area contributed by atoms with Crippen molar-refractivity contribution in [2.75, 3.05) is 0 Å². The Labute approximate surface area is 221 Å². The quantitative estimate of drug-likeness (QED) is 0.228. The molecule has 5 rings (SSSR count). The van der Waals surface area contributed by atoms with E-state index in [2.05, 4.69) is 61.2 Å². The van der Waals surface area contributed by atoms with Crippen LogP contribution in [0.5, 0.6) is 5.88 Å². The molecule has 0 atom stereocenters. The first-order chi connectivity index (χ1) is 17.8. The minimum absolute atomic E-state index is 0.127. The van der Waals surface area contributed by atoms with Crippen LogP contribution in [0.25, 0.3) is 21.7 Å². The maximum atomic E-state index is 5.82. The summed E-state index contributed by atoms with van der Waals surface area (Å²) in [4.78, 5) is 4.62. The van der Waals surface area contributed by atoms with Crippen molar-refractivity contribution in [1.82, 2.24) is 15.3 Å². The third kappa shape index (κ3) is 8.74. The molecule has 0 aliphatic heterocycles. The van der Waals surface area contributed by atoms with Crippen LogP contribution in [0.2, 0.25) is 0 Å². The maximum Gasteiger partial charge on any atom is 0.222 e. The largest absolute Gasteiger partial charge is 0.474 e. The number of benzene rings is 2. The molecule has 0 amide bonds. The Bertz CT molecular complexity index is 1320. The number of para-hydroxylation sites is 1. The van der Waals surface area contributed by atoms with Crippen LogP contribution in [-0.4, -0.2) is 21.4 Å². The lowest BCUT2D eigenvalue weighted by molar-refractivity contribution is 0.237. The number of aryl methyl sites for hydroxylation is 1. The SMILES string of the molecule is CC.CC(C)Oc1nc2ccccc2c2ccccc12.CC(C)c1ccno1.Cc1cc(C(C)C)on1. The molecule has 0 radical (unpaired) electrons. The van der Waals surface area contributed by atoms with Gasteiger partial charge in [0.1, 0.15) is 11.5 Å². The molecule has 3 aromatic heterocycles. The van der Waals surface area contributed by atoms with Gasteiger partial charge >= 0.3 is 0 Å². The zero-order chi connectivity index (χ0) is 27.4. The molecule has 0 N–H and O–H groups in total. The average molecular weight is 504 g/mol. The Morgan fingerprint density at radius 2 is 1.30 bits per heavy atom.